The smallest absolute Gasteiger partial charge is 0.0485 e. The number of fused-ring (bicyclic) bond motifs is 1. The Hall–Kier alpha value is -1.28. The molecule has 1 heterocycles. The van der Waals surface area contributed by atoms with E-state index in [1.165, 1.54) is 48.6 Å². The first-order chi connectivity index (χ1) is 10.2. The highest BCUT2D eigenvalue weighted by Gasteiger charge is 2.30. The van der Waals surface area contributed by atoms with Crippen molar-refractivity contribution in [3.05, 3.63) is 36.0 Å². The number of nitrogens with two attached hydrogens (primary N) is 1. The van der Waals surface area contributed by atoms with Gasteiger partial charge < -0.3 is 10.3 Å². The van der Waals surface area contributed by atoms with Crippen molar-refractivity contribution in [2.45, 2.75) is 52.0 Å². The summed E-state index contributed by atoms with van der Waals surface area (Å²) >= 11 is 0. The van der Waals surface area contributed by atoms with Crippen molar-refractivity contribution in [3.8, 4) is 0 Å². The highest BCUT2D eigenvalue weighted by molar-refractivity contribution is 5.81. The van der Waals surface area contributed by atoms with Crippen LogP contribution in [0.2, 0.25) is 0 Å². The molecule has 0 aliphatic heterocycles. The molecule has 3 rings (SSSR count). The van der Waals surface area contributed by atoms with Crippen LogP contribution in [0.15, 0.2) is 30.5 Å². The number of aryl methyl sites for hydroxylation is 1. The number of rotatable bonds is 4. The van der Waals surface area contributed by atoms with E-state index in [-0.39, 0.29) is 0 Å². The second-order valence-corrected chi connectivity index (χ2v) is 6.82. The zero-order valence-corrected chi connectivity index (χ0v) is 13.4. The molecule has 2 heteroatoms. The van der Waals surface area contributed by atoms with Crippen molar-refractivity contribution in [1.29, 1.82) is 0 Å². The van der Waals surface area contributed by atoms with Crippen molar-refractivity contribution in [1.82, 2.24) is 4.57 Å². The summed E-state index contributed by atoms with van der Waals surface area (Å²) in [4.78, 5) is 0. The molecule has 0 spiro atoms. The summed E-state index contributed by atoms with van der Waals surface area (Å²) in [6.07, 6.45) is 8.91. The fourth-order valence-electron chi connectivity index (χ4n) is 4.13. The van der Waals surface area contributed by atoms with Crippen molar-refractivity contribution >= 4 is 10.9 Å². The molecule has 0 amide bonds. The molecular formula is C19H28N2. The minimum absolute atomic E-state index is 0.583. The van der Waals surface area contributed by atoms with Crippen LogP contribution in [0.4, 0.5) is 0 Å². The first kappa shape index (κ1) is 14.6. The van der Waals surface area contributed by atoms with Gasteiger partial charge in [0, 0.05) is 17.8 Å². The summed E-state index contributed by atoms with van der Waals surface area (Å²) < 4.78 is 2.52. The molecule has 1 saturated carbocycles. The molecule has 0 radical (unpaired) electrons. The topological polar surface area (TPSA) is 30.9 Å². The molecular weight excluding hydrogens is 256 g/mol. The molecule has 1 aliphatic carbocycles. The van der Waals surface area contributed by atoms with E-state index < -0.39 is 0 Å². The molecule has 2 aromatic rings. The number of hydrogen-bond donors (Lipinski definition) is 1. The van der Waals surface area contributed by atoms with E-state index in [1.807, 2.05) is 0 Å². The molecule has 114 valence electrons. The summed E-state index contributed by atoms with van der Waals surface area (Å²) in [5.74, 6) is 1.51. The minimum Gasteiger partial charge on any atom is -0.344 e. The third-order valence-electron chi connectivity index (χ3n) is 5.30. The van der Waals surface area contributed by atoms with E-state index in [4.69, 9.17) is 5.73 Å². The molecule has 3 atom stereocenters. The summed E-state index contributed by atoms with van der Waals surface area (Å²) in [5, 5.41) is 1.36. The summed E-state index contributed by atoms with van der Waals surface area (Å²) in [6.45, 7) is 5.30. The van der Waals surface area contributed by atoms with E-state index in [0.29, 0.717) is 12.0 Å². The van der Waals surface area contributed by atoms with Crippen LogP contribution in [0.1, 0.15) is 50.6 Å². The lowest BCUT2D eigenvalue weighted by molar-refractivity contribution is 0.184. The van der Waals surface area contributed by atoms with Gasteiger partial charge in [-0.15, -0.1) is 0 Å². The van der Waals surface area contributed by atoms with E-state index >= 15 is 0 Å². The largest absolute Gasteiger partial charge is 0.344 e. The van der Waals surface area contributed by atoms with Gasteiger partial charge in [0.05, 0.1) is 0 Å². The van der Waals surface area contributed by atoms with Gasteiger partial charge in [-0.25, -0.2) is 0 Å². The maximum absolute atomic E-state index is 6.08. The minimum atomic E-state index is 0.583. The van der Waals surface area contributed by atoms with Crippen LogP contribution >= 0.6 is 0 Å². The van der Waals surface area contributed by atoms with Crippen LogP contribution in [0.5, 0.6) is 0 Å². The summed E-state index contributed by atoms with van der Waals surface area (Å²) in [7, 11) is 0. The number of nitrogens with zero attached hydrogens (tertiary/aromatic N) is 1. The molecule has 2 nitrogen and oxygen atoms in total. The zero-order chi connectivity index (χ0) is 14.8. The maximum atomic E-state index is 6.08. The molecule has 0 saturated heterocycles. The van der Waals surface area contributed by atoms with Crippen LogP contribution in [0, 0.1) is 18.8 Å². The fraction of sp³-hybridized carbons (Fsp3) is 0.579. The SMILES string of the molecule is CCCC1CCC(CN)C(n2ccc3ccc(C)cc32)C1. The molecule has 1 fully saturated rings. The second-order valence-electron chi connectivity index (χ2n) is 6.82. The highest BCUT2D eigenvalue weighted by atomic mass is 15.0. The lowest BCUT2D eigenvalue weighted by Crippen LogP contribution is -2.32. The van der Waals surface area contributed by atoms with E-state index in [1.54, 1.807) is 0 Å². The van der Waals surface area contributed by atoms with Gasteiger partial charge in [0.15, 0.2) is 0 Å². The Morgan fingerprint density at radius 3 is 2.86 bits per heavy atom. The number of hydrogen-bond acceptors (Lipinski definition) is 1. The molecule has 21 heavy (non-hydrogen) atoms. The van der Waals surface area contributed by atoms with Crippen LogP contribution < -0.4 is 5.73 Å². The Morgan fingerprint density at radius 2 is 2.10 bits per heavy atom. The number of benzene rings is 1. The monoisotopic (exact) mass is 284 g/mol. The Morgan fingerprint density at radius 1 is 1.24 bits per heavy atom. The maximum Gasteiger partial charge on any atom is 0.0485 e. The fourth-order valence-corrected chi connectivity index (χ4v) is 4.13. The van der Waals surface area contributed by atoms with Crippen molar-refractivity contribution in [2.75, 3.05) is 6.54 Å². The average molecular weight is 284 g/mol. The van der Waals surface area contributed by atoms with Gasteiger partial charge >= 0.3 is 0 Å². The van der Waals surface area contributed by atoms with Gasteiger partial charge in [0.25, 0.3) is 0 Å². The second kappa shape index (κ2) is 6.23. The molecule has 0 bridgehead atoms. The van der Waals surface area contributed by atoms with Crippen molar-refractivity contribution in [3.63, 3.8) is 0 Å². The van der Waals surface area contributed by atoms with E-state index in [9.17, 15) is 0 Å². The van der Waals surface area contributed by atoms with Crippen LogP contribution in [-0.2, 0) is 0 Å². The summed E-state index contributed by atoms with van der Waals surface area (Å²) in [6, 6.07) is 9.61. The van der Waals surface area contributed by atoms with Crippen LogP contribution in [0.3, 0.4) is 0 Å². The lowest BCUT2D eigenvalue weighted by Gasteiger charge is -2.37. The standard InChI is InChI=1S/C19H28N2/c1-3-4-15-6-8-17(13-20)19(12-15)21-10-9-16-7-5-14(2)11-18(16)21/h5,7,9-11,15,17,19H,3-4,6,8,12-13,20H2,1-2H3. The van der Waals surface area contributed by atoms with Gasteiger partial charge in [0.2, 0.25) is 0 Å². The van der Waals surface area contributed by atoms with Gasteiger partial charge in [-0.1, -0.05) is 31.9 Å². The van der Waals surface area contributed by atoms with Crippen molar-refractivity contribution in [2.24, 2.45) is 17.6 Å². The highest BCUT2D eigenvalue weighted by Crippen LogP contribution is 2.40. The quantitative estimate of drug-likeness (QED) is 0.869. The van der Waals surface area contributed by atoms with Gasteiger partial charge in [-0.05, 0) is 67.6 Å². The first-order valence-electron chi connectivity index (χ1n) is 8.50. The Bertz CT molecular complexity index is 599. The average Bonchev–Trinajstić information content (AvgIpc) is 2.90. The van der Waals surface area contributed by atoms with Gasteiger partial charge in [-0.3, -0.25) is 0 Å². The molecule has 2 N–H and O–H groups in total. The zero-order valence-electron chi connectivity index (χ0n) is 13.4. The Labute approximate surface area is 128 Å². The van der Waals surface area contributed by atoms with E-state index in [0.717, 1.165) is 12.5 Å². The lowest BCUT2D eigenvalue weighted by atomic mass is 9.76. The molecule has 3 unspecified atom stereocenters. The predicted molar refractivity (Wildman–Crippen MR) is 90.5 cm³/mol. The van der Waals surface area contributed by atoms with E-state index in [2.05, 4.69) is 48.9 Å². The van der Waals surface area contributed by atoms with Crippen LogP contribution in [0.25, 0.3) is 10.9 Å². The van der Waals surface area contributed by atoms with Crippen LogP contribution in [-0.4, -0.2) is 11.1 Å². The van der Waals surface area contributed by atoms with Crippen molar-refractivity contribution < 1.29 is 0 Å². The first-order valence-corrected chi connectivity index (χ1v) is 8.50. The molecule has 1 aromatic carbocycles. The predicted octanol–water partition coefficient (Wildman–Crippen LogP) is 4.67. The van der Waals surface area contributed by atoms with Gasteiger partial charge in [-0.2, -0.15) is 0 Å². The van der Waals surface area contributed by atoms with Gasteiger partial charge in [0.1, 0.15) is 0 Å². The Kier molecular flexibility index (Phi) is 4.34. The Balaban J connectivity index is 1.95. The molecule has 1 aromatic heterocycles. The number of aromatic nitrogens is 1. The molecule has 1 aliphatic rings. The third kappa shape index (κ3) is 2.87. The third-order valence-corrected chi connectivity index (χ3v) is 5.30. The normalized spacial score (nSPS) is 26.3. The summed E-state index contributed by atoms with van der Waals surface area (Å²) in [5.41, 5.74) is 8.81.